The Hall–Kier alpha value is -1.16. The fourth-order valence-electron chi connectivity index (χ4n) is 0.757. The molecule has 14 heavy (non-hydrogen) atoms. The smallest absolute Gasteiger partial charge is 0.358 e. The Kier molecular flexibility index (Phi) is 3.83. The van der Waals surface area contributed by atoms with Crippen molar-refractivity contribution >= 4 is 17.6 Å². The molecule has 0 saturated carbocycles. The van der Waals surface area contributed by atoms with E-state index in [1.807, 2.05) is 13.8 Å². The molecular weight excluding hydrogens is 204 g/mol. The van der Waals surface area contributed by atoms with Gasteiger partial charge in [0.25, 0.3) is 0 Å². The molecule has 76 valence electrons. The third kappa shape index (κ3) is 3.30. The lowest BCUT2D eigenvalue weighted by Crippen LogP contribution is -2.11. The molecule has 1 aromatic rings. The standard InChI is InChI=1S/C9H11ClN2O2/c1-6(2)5-14-9(13)7-3-11-4-8(10)12-7/h3-4,6H,5H2,1-2H3. The van der Waals surface area contributed by atoms with Gasteiger partial charge < -0.3 is 4.74 Å². The zero-order valence-corrected chi connectivity index (χ0v) is 8.78. The van der Waals surface area contributed by atoms with Gasteiger partial charge in [0.15, 0.2) is 5.69 Å². The summed E-state index contributed by atoms with van der Waals surface area (Å²) in [5.41, 5.74) is 0.137. The molecular formula is C9H11ClN2O2. The third-order valence-electron chi connectivity index (χ3n) is 1.36. The van der Waals surface area contributed by atoms with Crippen molar-refractivity contribution in [3.05, 3.63) is 23.2 Å². The molecule has 1 aromatic heterocycles. The van der Waals surface area contributed by atoms with Gasteiger partial charge in [0.2, 0.25) is 0 Å². The van der Waals surface area contributed by atoms with Crippen LogP contribution in [-0.2, 0) is 4.74 Å². The number of esters is 1. The lowest BCUT2D eigenvalue weighted by molar-refractivity contribution is 0.0451. The molecule has 4 nitrogen and oxygen atoms in total. The summed E-state index contributed by atoms with van der Waals surface area (Å²) in [6.07, 6.45) is 2.69. The molecule has 0 amide bonds. The van der Waals surface area contributed by atoms with Crippen LogP contribution in [0.25, 0.3) is 0 Å². The molecule has 0 N–H and O–H groups in total. The summed E-state index contributed by atoms with van der Waals surface area (Å²) >= 11 is 5.57. The van der Waals surface area contributed by atoms with E-state index in [9.17, 15) is 4.79 Å². The molecule has 0 fully saturated rings. The van der Waals surface area contributed by atoms with Gasteiger partial charge in [0.05, 0.1) is 19.0 Å². The summed E-state index contributed by atoms with van der Waals surface area (Å²) in [7, 11) is 0. The van der Waals surface area contributed by atoms with E-state index in [2.05, 4.69) is 9.97 Å². The van der Waals surface area contributed by atoms with Gasteiger partial charge in [-0.3, -0.25) is 4.98 Å². The van der Waals surface area contributed by atoms with Gasteiger partial charge in [-0.05, 0) is 5.92 Å². The van der Waals surface area contributed by atoms with E-state index in [4.69, 9.17) is 16.3 Å². The highest BCUT2D eigenvalue weighted by Crippen LogP contribution is 2.04. The summed E-state index contributed by atoms with van der Waals surface area (Å²) in [5.74, 6) is -0.195. The van der Waals surface area contributed by atoms with Crippen molar-refractivity contribution in [3.8, 4) is 0 Å². The highest BCUT2D eigenvalue weighted by atomic mass is 35.5. The Morgan fingerprint density at radius 1 is 1.57 bits per heavy atom. The van der Waals surface area contributed by atoms with Gasteiger partial charge >= 0.3 is 5.97 Å². The number of hydrogen-bond acceptors (Lipinski definition) is 4. The first-order valence-corrected chi connectivity index (χ1v) is 4.62. The molecule has 0 bridgehead atoms. The maximum atomic E-state index is 11.3. The number of rotatable bonds is 3. The van der Waals surface area contributed by atoms with Crippen LogP contribution in [0, 0.1) is 5.92 Å². The summed E-state index contributed by atoms with van der Waals surface area (Å²) in [6, 6.07) is 0. The lowest BCUT2D eigenvalue weighted by atomic mass is 10.2. The van der Waals surface area contributed by atoms with Crippen LogP contribution in [0.4, 0.5) is 0 Å². The molecule has 0 aliphatic rings. The average Bonchev–Trinajstić information content (AvgIpc) is 2.14. The second-order valence-corrected chi connectivity index (χ2v) is 3.61. The maximum absolute atomic E-state index is 11.3. The molecule has 5 heteroatoms. The van der Waals surface area contributed by atoms with E-state index >= 15 is 0 Å². The maximum Gasteiger partial charge on any atom is 0.358 e. The van der Waals surface area contributed by atoms with Crippen LogP contribution in [0.2, 0.25) is 5.15 Å². The summed E-state index contributed by atoms with van der Waals surface area (Å²) in [6.45, 7) is 4.28. The Balaban J connectivity index is 2.61. The highest BCUT2D eigenvalue weighted by Gasteiger charge is 2.10. The average molecular weight is 215 g/mol. The SMILES string of the molecule is CC(C)COC(=O)c1cncc(Cl)n1. The molecule has 0 atom stereocenters. The Bertz CT molecular complexity index is 328. The summed E-state index contributed by atoms with van der Waals surface area (Å²) in [5, 5.41) is 0.184. The predicted molar refractivity (Wildman–Crippen MR) is 52.2 cm³/mol. The topological polar surface area (TPSA) is 52.1 Å². The Labute approximate surface area is 87.3 Å². The number of ether oxygens (including phenoxy) is 1. The molecule has 0 saturated heterocycles. The second-order valence-electron chi connectivity index (χ2n) is 3.22. The van der Waals surface area contributed by atoms with Crippen molar-refractivity contribution in [2.24, 2.45) is 5.92 Å². The first kappa shape index (κ1) is 10.9. The van der Waals surface area contributed by atoms with Crippen molar-refractivity contribution in [1.29, 1.82) is 0 Å². The van der Waals surface area contributed by atoms with Crippen LogP contribution in [0.3, 0.4) is 0 Å². The van der Waals surface area contributed by atoms with Crippen LogP contribution in [-0.4, -0.2) is 22.5 Å². The van der Waals surface area contributed by atoms with Crippen LogP contribution < -0.4 is 0 Å². The minimum absolute atomic E-state index is 0.137. The number of nitrogens with zero attached hydrogens (tertiary/aromatic N) is 2. The molecule has 1 heterocycles. The van der Waals surface area contributed by atoms with Crippen molar-refractivity contribution in [2.75, 3.05) is 6.61 Å². The summed E-state index contributed by atoms with van der Waals surface area (Å²) < 4.78 is 4.94. The molecule has 1 rings (SSSR count). The predicted octanol–water partition coefficient (Wildman–Crippen LogP) is 1.94. The fourth-order valence-corrected chi connectivity index (χ4v) is 0.904. The van der Waals surface area contributed by atoms with Crippen molar-refractivity contribution in [1.82, 2.24) is 9.97 Å². The summed E-state index contributed by atoms with van der Waals surface area (Å²) in [4.78, 5) is 18.8. The van der Waals surface area contributed by atoms with E-state index in [0.717, 1.165) is 0 Å². The number of hydrogen-bond donors (Lipinski definition) is 0. The minimum atomic E-state index is -0.492. The largest absolute Gasteiger partial charge is 0.461 e. The van der Waals surface area contributed by atoms with E-state index < -0.39 is 5.97 Å². The van der Waals surface area contributed by atoms with Gasteiger partial charge in [0.1, 0.15) is 5.15 Å². The second kappa shape index (κ2) is 4.91. The number of carbonyl (C=O) groups excluding carboxylic acids is 1. The van der Waals surface area contributed by atoms with Crippen molar-refractivity contribution < 1.29 is 9.53 Å². The van der Waals surface area contributed by atoms with Crippen LogP contribution in [0.15, 0.2) is 12.4 Å². The molecule has 0 aromatic carbocycles. The van der Waals surface area contributed by atoms with Crippen LogP contribution in [0.5, 0.6) is 0 Å². The first-order chi connectivity index (χ1) is 6.59. The molecule has 0 aliphatic heterocycles. The number of aromatic nitrogens is 2. The fraction of sp³-hybridized carbons (Fsp3) is 0.444. The number of carbonyl (C=O) groups is 1. The van der Waals surface area contributed by atoms with E-state index in [0.29, 0.717) is 12.5 Å². The first-order valence-electron chi connectivity index (χ1n) is 4.24. The van der Waals surface area contributed by atoms with Gasteiger partial charge in [-0.2, -0.15) is 0 Å². The zero-order valence-electron chi connectivity index (χ0n) is 8.03. The van der Waals surface area contributed by atoms with Crippen LogP contribution in [0.1, 0.15) is 24.3 Å². The van der Waals surface area contributed by atoms with Gasteiger partial charge in [0, 0.05) is 0 Å². The molecule has 0 spiro atoms. The van der Waals surface area contributed by atoms with E-state index in [-0.39, 0.29) is 10.8 Å². The van der Waals surface area contributed by atoms with E-state index in [1.54, 1.807) is 0 Å². The number of halogens is 1. The third-order valence-corrected chi connectivity index (χ3v) is 1.54. The minimum Gasteiger partial charge on any atom is -0.461 e. The Morgan fingerprint density at radius 3 is 2.86 bits per heavy atom. The zero-order chi connectivity index (χ0) is 10.6. The van der Waals surface area contributed by atoms with Gasteiger partial charge in [-0.1, -0.05) is 25.4 Å². The molecule has 0 unspecified atom stereocenters. The lowest BCUT2D eigenvalue weighted by Gasteiger charge is -2.05. The quantitative estimate of drug-likeness (QED) is 0.722. The molecule has 0 radical (unpaired) electrons. The van der Waals surface area contributed by atoms with Crippen LogP contribution >= 0.6 is 11.6 Å². The van der Waals surface area contributed by atoms with Crippen molar-refractivity contribution in [3.63, 3.8) is 0 Å². The normalized spacial score (nSPS) is 10.3. The van der Waals surface area contributed by atoms with Gasteiger partial charge in [-0.25, -0.2) is 9.78 Å². The van der Waals surface area contributed by atoms with Crippen molar-refractivity contribution in [2.45, 2.75) is 13.8 Å². The Morgan fingerprint density at radius 2 is 2.29 bits per heavy atom. The monoisotopic (exact) mass is 214 g/mol. The molecule has 0 aliphatic carbocycles. The van der Waals surface area contributed by atoms with Gasteiger partial charge in [-0.15, -0.1) is 0 Å². The highest BCUT2D eigenvalue weighted by molar-refractivity contribution is 6.29. The van der Waals surface area contributed by atoms with E-state index in [1.165, 1.54) is 12.4 Å².